The summed E-state index contributed by atoms with van der Waals surface area (Å²) in [7, 11) is 0. The van der Waals surface area contributed by atoms with E-state index in [2.05, 4.69) is 0 Å². The summed E-state index contributed by atoms with van der Waals surface area (Å²) < 4.78 is 22.6. The van der Waals surface area contributed by atoms with Crippen LogP contribution in [0.3, 0.4) is 0 Å². The summed E-state index contributed by atoms with van der Waals surface area (Å²) in [5.41, 5.74) is 5.36. The molecule has 4 rings (SSSR count). The van der Waals surface area contributed by atoms with Crippen molar-refractivity contribution in [1.29, 1.82) is 0 Å². The third-order valence-corrected chi connectivity index (χ3v) is 7.14. The molecule has 1 N–H and O–H groups in total. The summed E-state index contributed by atoms with van der Waals surface area (Å²) in [6, 6.07) is 11.9. The molecule has 0 fully saturated rings. The molecule has 0 aliphatic rings. The standard InChI is InChI=1S/C21H17ClN2O3S2/c1-12-3-6-14(7-4-12)20-15(24-10-13(2)5-8-18(24)23-20)9-16(25)21-19(22)17(11-28-21)29(26)27/h3-8,10-11H,9H2,1-2H3,(H,26,27). The number of hydrogen-bond donors (Lipinski definition) is 1. The fraction of sp³-hybridized carbons (Fsp3) is 0.143. The molecule has 4 aromatic rings. The van der Waals surface area contributed by atoms with Crippen LogP contribution in [0.25, 0.3) is 16.9 Å². The molecular weight excluding hydrogens is 428 g/mol. The van der Waals surface area contributed by atoms with Crippen LogP contribution in [0.15, 0.2) is 52.9 Å². The molecule has 1 unspecified atom stereocenters. The van der Waals surface area contributed by atoms with E-state index < -0.39 is 11.1 Å². The Balaban J connectivity index is 1.82. The lowest BCUT2D eigenvalue weighted by Gasteiger charge is -2.06. The van der Waals surface area contributed by atoms with Gasteiger partial charge in [-0.1, -0.05) is 47.5 Å². The number of ketones is 1. The zero-order valence-corrected chi connectivity index (χ0v) is 18.1. The van der Waals surface area contributed by atoms with Gasteiger partial charge in [-0.3, -0.25) is 4.79 Å². The SMILES string of the molecule is Cc1ccc(-c2nc3ccc(C)cn3c2CC(=O)c2scc(S(=O)O)c2Cl)cc1. The molecule has 1 atom stereocenters. The topological polar surface area (TPSA) is 71.7 Å². The first-order chi connectivity index (χ1) is 13.8. The summed E-state index contributed by atoms with van der Waals surface area (Å²) in [6.45, 7) is 4.00. The van der Waals surface area contributed by atoms with Crippen molar-refractivity contribution in [3.8, 4) is 11.3 Å². The molecule has 1 aromatic carbocycles. The van der Waals surface area contributed by atoms with E-state index in [1.54, 1.807) is 0 Å². The zero-order valence-electron chi connectivity index (χ0n) is 15.7. The highest BCUT2D eigenvalue weighted by molar-refractivity contribution is 7.79. The lowest BCUT2D eigenvalue weighted by atomic mass is 10.0. The van der Waals surface area contributed by atoms with E-state index in [9.17, 15) is 13.6 Å². The van der Waals surface area contributed by atoms with Crippen LogP contribution in [0, 0.1) is 13.8 Å². The van der Waals surface area contributed by atoms with E-state index in [1.165, 1.54) is 5.38 Å². The highest BCUT2D eigenvalue weighted by atomic mass is 35.5. The number of carbonyl (C=O) groups excluding carboxylic acids is 1. The first-order valence-corrected chi connectivity index (χ1v) is 11.2. The minimum atomic E-state index is -2.23. The summed E-state index contributed by atoms with van der Waals surface area (Å²) in [4.78, 5) is 18.1. The predicted octanol–water partition coefficient (Wildman–Crippen LogP) is 5.34. The number of thiophene rings is 1. The smallest absolute Gasteiger partial charge is 0.188 e. The zero-order chi connectivity index (χ0) is 20.7. The molecule has 148 valence electrons. The number of aromatic nitrogens is 2. The average molecular weight is 445 g/mol. The third kappa shape index (κ3) is 3.79. The van der Waals surface area contributed by atoms with Crippen molar-refractivity contribution in [2.75, 3.05) is 0 Å². The minimum absolute atomic E-state index is 0.0442. The molecule has 3 aromatic heterocycles. The molecule has 29 heavy (non-hydrogen) atoms. The normalized spacial score (nSPS) is 12.4. The Labute approximate surface area is 179 Å². The van der Waals surface area contributed by atoms with Gasteiger partial charge in [0, 0.05) is 17.1 Å². The lowest BCUT2D eigenvalue weighted by molar-refractivity contribution is 0.0995. The summed E-state index contributed by atoms with van der Waals surface area (Å²) in [5.74, 6) is -0.214. The van der Waals surface area contributed by atoms with Gasteiger partial charge in [-0.2, -0.15) is 0 Å². The van der Waals surface area contributed by atoms with Crippen LogP contribution in [0.4, 0.5) is 0 Å². The number of benzene rings is 1. The molecule has 0 radical (unpaired) electrons. The van der Waals surface area contributed by atoms with E-state index in [1.807, 2.05) is 60.8 Å². The van der Waals surface area contributed by atoms with E-state index in [-0.39, 0.29) is 27.0 Å². The van der Waals surface area contributed by atoms with Crippen molar-refractivity contribution >= 4 is 45.4 Å². The van der Waals surface area contributed by atoms with Gasteiger partial charge in [0.05, 0.1) is 32.6 Å². The number of halogens is 1. The maximum atomic E-state index is 13.0. The van der Waals surface area contributed by atoms with Crippen molar-refractivity contribution in [1.82, 2.24) is 9.38 Å². The summed E-state index contributed by atoms with van der Waals surface area (Å²) in [6.07, 6.45) is 2.03. The molecule has 8 heteroatoms. The van der Waals surface area contributed by atoms with Crippen LogP contribution >= 0.6 is 22.9 Å². The molecule has 0 aliphatic heterocycles. The fourth-order valence-electron chi connectivity index (χ4n) is 3.18. The monoisotopic (exact) mass is 444 g/mol. The van der Waals surface area contributed by atoms with Gasteiger partial charge in [0.1, 0.15) is 5.65 Å². The molecular formula is C21H17ClN2O3S2. The second-order valence-corrected chi connectivity index (χ2v) is 9.00. The van der Waals surface area contributed by atoms with E-state index in [0.29, 0.717) is 0 Å². The van der Waals surface area contributed by atoms with Gasteiger partial charge in [0.2, 0.25) is 0 Å². The Bertz CT molecular complexity index is 1260. The number of Topliss-reactive ketones (excluding diaryl/α,β-unsaturated/α-hetero) is 1. The number of nitrogens with zero attached hydrogens (tertiary/aromatic N) is 2. The second-order valence-electron chi connectivity index (χ2n) is 6.80. The van der Waals surface area contributed by atoms with Crippen molar-refractivity contribution in [3.05, 3.63) is 74.7 Å². The Morgan fingerprint density at radius 3 is 2.52 bits per heavy atom. The fourth-order valence-corrected chi connectivity index (χ4v) is 5.29. The van der Waals surface area contributed by atoms with Crippen LogP contribution < -0.4 is 0 Å². The minimum Gasteiger partial charge on any atom is -0.303 e. The number of fused-ring (bicyclic) bond motifs is 1. The molecule has 5 nitrogen and oxygen atoms in total. The molecule has 0 saturated heterocycles. The number of imidazole rings is 1. The molecule has 0 amide bonds. The van der Waals surface area contributed by atoms with Gasteiger partial charge in [-0.25, -0.2) is 9.19 Å². The van der Waals surface area contributed by atoms with Crippen molar-refractivity contribution in [2.45, 2.75) is 25.2 Å². The number of aryl methyl sites for hydroxylation is 2. The van der Waals surface area contributed by atoms with Gasteiger partial charge in [0.25, 0.3) is 0 Å². The van der Waals surface area contributed by atoms with Crippen molar-refractivity contribution in [3.63, 3.8) is 0 Å². The molecule has 0 spiro atoms. The van der Waals surface area contributed by atoms with Gasteiger partial charge in [0.15, 0.2) is 16.9 Å². The third-order valence-electron chi connectivity index (χ3n) is 4.66. The van der Waals surface area contributed by atoms with Crippen LogP contribution in [0.5, 0.6) is 0 Å². The predicted molar refractivity (Wildman–Crippen MR) is 117 cm³/mol. The Hall–Kier alpha value is -2.32. The number of hydrogen-bond acceptors (Lipinski definition) is 4. The average Bonchev–Trinajstić information content (AvgIpc) is 3.23. The maximum Gasteiger partial charge on any atom is 0.188 e. The van der Waals surface area contributed by atoms with Crippen LogP contribution in [-0.2, 0) is 17.5 Å². The van der Waals surface area contributed by atoms with Gasteiger partial charge < -0.3 is 8.95 Å². The number of carbonyl (C=O) groups is 1. The number of rotatable bonds is 5. The Morgan fingerprint density at radius 1 is 1.17 bits per heavy atom. The van der Waals surface area contributed by atoms with E-state index >= 15 is 0 Å². The Kier molecular flexibility index (Phi) is 5.40. The van der Waals surface area contributed by atoms with E-state index in [4.69, 9.17) is 16.6 Å². The molecule has 0 saturated carbocycles. The van der Waals surface area contributed by atoms with Crippen molar-refractivity contribution in [2.24, 2.45) is 0 Å². The highest BCUT2D eigenvalue weighted by Gasteiger charge is 2.23. The maximum absolute atomic E-state index is 13.0. The molecule has 0 aliphatic carbocycles. The Morgan fingerprint density at radius 2 is 1.86 bits per heavy atom. The van der Waals surface area contributed by atoms with Gasteiger partial charge in [-0.05, 0) is 25.5 Å². The van der Waals surface area contributed by atoms with Gasteiger partial charge in [-0.15, -0.1) is 11.3 Å². The van der Waals surface area contributed by atoms with Crippen LogP contribution in [0.1, 0.15) is 26.5 Å². The molecule has 3 heterocycles. The quantitative estimate of drug-likeness (QED) is 0.333. The summed E-state index contributed by atoms with van der Waals surface area (Å²) >= 11 is 5.04. The highest BCUT2D eigenvalue weighted by Crippen LogP contribution is 2.33. The van der Waals surface area contributed by atoms with Gasteiger partial charge >= 0.3 is 0 Å². The first-order valence-electron chi connectivity index (χ1n) is 8.81. The van der Waals surface area contributed by atoms with Crippen molar-refractivity contribution < 1.29 is 13.6 Å². The van der Waals surface area contributed by atoms with Crippen LogP contribution in [-0.4, -0.2) is 23.9 Å². The lowest BCUT2D eigenvalue weighted by Crippen LogP contribution is -2.06. The number of pyridine rings is 1. The first kappa shape index (κ1) is 20.0. The van der Waals surface area contributed by atoms with E-state index in [0.717, 1.165) is 45.1 Å². The summed E-state index contributed by atoms with van der Waals surface area (Å²) in [5, 5.41) is 1.49. The molecule has 0 bridgehead atoms. The second kappa shape index (κ2) is 7.84. The van der Waals surface area contributed by atoms with Crippen LogP contribution in [0.2, 0.25) is 5.02 Å². The largest absolute Gasteiger partial charge is 0.303 e.